The van der Waals surface area contributed by atoms with Crippen LogP contribution in [0, 0.1) is 0 Å². The van der Waals surface area contributed by atoms with Gasteiger partial charge in [-0.1, -0.05) is 29.5 Å². The van der Waals surface area contributed by atoms with Gasteiger partial charge in [-0.15, -0.1) is 5.10 Å². The number of alkyl halides is 3. The summed E-state index contributed by atoms with van der Waals surface area (Å²) in [5, 5.41) is 10.4. The van der Waals surface area contributed by atoms with Gasteiger partial charge in [0.2, 0.25) is 0 Å². The Morgan fingerprint density at radius 3 is 2.82 bits per heavy atom. The normalized spacial score (nSPS) is 16.2. The van der Waals surface area contributed by atoms with Gasteiger partial charge in [0.25, 0.3) is 5.91 Å². The average molecular weight is 388 g/mol. The lowest BCUT2D eigenvalue weighted by Crippen LogP contribution is -2.42. The summed E-state index contributed by atoms with van der Waals surface area (Å²) in [6.07, 6.45) is -2.56. The van der Waals surface area contributed by atoms with Crippen molar-refractivity contribution in [1.82, 2.24) is 20.3 Å². The molecule has 0 aliphatic carbocycles. The van der Waals surface area contributed by atoms with Gasteiger partial charge in [-0.25, -0.2) is 4.68 Å². The fraction of sp³-hybridized carbons (Fsp3) is 0.211. The summed E-state index contributed by atoms with van der Waals surface area (Å²) in [5.74, 6) is 0.328. The fourth-order valence-corrected chi connectivity index (χ4v) is 3.00. The maximum absolute atomic E-state index is 12.9. The molecule has 0 bridgehead atoms. The minimum absolute atomic E-state index is 0.0104. The van der Waals surface area contributed by atoms with Crippen molar-refractivity contribution in [1.29, 1.82) is 0 Å². The predicted octanol–water partition coefficient (Wildman–Crippen LogP) is 3.02. The highest BCUT2D eigenvalue weighted by molar-refractivity contribution is 5.92. The molecular formula is C19H15F3N4O2. The van der Waals surface area contributed by atoms with Crippen LogP contribution < -0.4 is 10.1 Å². The van der Waals surface area contributed by atoms with Crippen LogP contribution in [0.25, 0.3) is 5.69 Å². The number of carbonyl (C=O) groups is 1. The Balaban J connectivity index is 1.47. The van der Waals surface area contributed by atoms with Crippen LogP contribution in [0.4, 0.5) is 13.2 Å². The Bertz CT molecular complexity index is 1020. The fourth-order valence-electron chi connectivity index (χ4n) is 3.00. The van der Waals surface area contributed by atoms with Crippen molar-refractivity contribution in [3.8, 4) is 11.4 Å². The molecule has 0 radical (unpaired) electrons. The largest absolute Gasteiger partial charge is 0.491 e. The Kier molecular flexibility index (Phi) is 4.50. The summed E-state index contributed by atoms with van der Waals surface area (Å²) in [6, 6.07) is 12.0. The number of nitrogens with one attached hydrogen (secondary N) is 1. The number of halogens is 3. The summed E-state index contributed by atoms with van der Waals surface area (Å²) in [7, 11) is 0. The van der Waals surface area contributed by atoms with Gasteiger partial charge in [0, 0.05) is 0 Å². The number of para-hydroxylation sites is 1. The Morgan fingerprint density at radius 2 is 2.00 bits per heavy atom. The van der Waals surface area contributed by atoms with E-state index in [0.717, 1.165) is 28.1 Å². The molecule has 1 aliphatic rings. The first-order chi connectivity index (χ1) is 13.4. The number of fused-ring (bicyclic) bond motifs is 1. The molecule has 2 aromatic carbocycles. The lowest BCUT2D eigenvalue weighted by Gasteiger charge is -2.25. The maximum atomic E-state index is 12.9. The van der Waals surface area contributed by atoms with Crippen molar-refractivity contribution in [3.05, 3.63) is 71.5 Å². The van der Waals surface area contributed by atoms with Gasteiger partial charge in [0.05, 0.1) is 23.5 Å². The number of hydrogen-bond acceptors (Lipinski definition) is 4. The third-order valence-corrected chi connectivity index (χ3v) is 4.38. The average Bonchev–Trinajstić information content (AvgIpc) is 3.18. The van der Waals surface area contributed by atoms with E-state index in [1.165, 1.54) is 18.3 Å². The molecule has 0 saturated carbocycles. The molecule has 1 aliphatic heterocycles. The number of amides is 1. The summed E-state index contributed by atoms with van der Waals surface area (Å²) < 4.78 is 45.4. The van der Waals surface area contributed by atoms with Crippen molar-refractivity contribution < 1.29 is 22.7 Å². The Morgan fingerprint density at radius 1 is 1.18 bits per heavy atom. The number of ether oxygens (including phenoxy) is 1. The number of aromatic nitrogens is 3. The van der Waals surface area contributed by atoms with E-state index in [0.29, 0.717) is 13.0 Å². The van der Waals surface area contributed by atoms with Gasteiger partial charge >= 0.3 is 6.18 Å². The molecule has 28 heavy (non-hydrogen) atoms. The molecule has 9 heteroatoms. The lowest BCUT2D eigenvalue weighted by atomic mass is 10.0. The second-order valence-corrected chi connectivity index (χ2v) is 6.39. The summed E-state index contributed by atoms with van der Waals surface area (Å²) in [5.41, 5.74) is 0.365. The molecular weight excluding hydrogens is 373 g/mol. The number of benzene rings is 2. The molecule has 0 saturated heterocycles. The van der Waals surface area contributed by atoms with Gasteiger partial charge in [-0.3, -0.25) is 4.79 Å². The maximum Gasteiger partial charge on any atom is 0.416 e. The van der Waals surface area contributed by atoms with Crippen molar-refractivity contribution in [2.45, 2.75) is 18.6 Å². The zero-order chi connectivity index (χ0) is 19.7. The highest BCUT2D eigenvalue weighted by atomic mass is 19.4. The number of carbonyl (C=O) groups excluding carboxylic acids is 1. The molecule has 1 N–H and O–H groups in total. The van der Waals surface area contributed by atoms with Crippen LogP contribution in [-0.4, -0.2) is 33.5 Å². The topological polar surface area (TPSA) is 69.0 Å². The van der Waals surface area contributed by atoms with Crippen molar-refractivity contribution in [2.75, 3.05) is 6.61 Å². The summed E-state index contributed by atoms with van der Waals surface area (Å²) >= 11 is 0. The molecule has 6 nitrogen and oxygen atoms in total. The molecule has 4 rings (SSSR count). The molecule has 1 amide bonds. The van der Waals surface area contributed by atoms with Gasteiger partial charge in [0.1, 0.15) is 12.4 Å². The minimum Gasteiger partial charge on any atom is -0.491 e. The number of rotatable bonds is 3. The molecule has 2 heterocycles. The van der Waals surface area contributed by atoms with Gasteiger partial charge in [0.15, 0.2) is 5.69 Å². The van der Waals surface area contributed by atoms with Gasteiger partial charge in [-0.05, 0) is 36.2 Å². The quantitative estimate of drug-likeness (QED) is 0.749. The summed E-state index contributed by atoms with van der Waals surface area (Å²) in [6.45, 7) is 0.324. The monoisotopic (exact) mass is 388 g/mol. The van der Waals surface area contributed by atoms with E-state index in [-0.39, 0.29) is 17.4 Å². The third-order valence-electron chi connectivity index (χ3n) is 4.38. The van der Waals surface area contributed by atoms with Crippen molar-refractivity contribution in [2.24, 2.45) is 0 Å². The van der Waals surface area contributed by atoms with E-state index in [2.05, 4.69) is 15.6 Å². The van der Waals surface area contributed by atoms with Gasteiger partial charge in [-0.2, -0.15) is 13.2 Å². The van der Waals surface area contributed by atoms with Crippen LogP contribution in [-0.2, 0) is 12.6 Å². The van der Waals surface area contributed by atoms with Crippen LogP contribution in [0.2, 0.25) is 0 Å². The second-order valence-electron chi connectivity index (χ2n) is 6.39. The van der Waals surface area contributed by atoms with E-state index in [1.807, 2.05) is 24.3 Å². The molecule has 1 aromatic heterocycles. The second kappa shape index (κ2) is 6.99. The smallest absolute Gasteiger partial charge is 0.416 e. The van der Waals surface area contributed by atoms with Crippen molar-refractivity contribution in [3.63, 3.8) is 0 Å². The summed E-state index contributed by atoms with van der Waals surface area (Å²) in [4.78, 5) is 12.4. The Hall–Kier alpha value is -3.36. The number of hydrogen-bond donors (Lipinski definition) is 1. The van der Waals surface area contributed by atoms with E-state index in [9.17, 15) is 18.0 Å². The van der Waals surface area contributed by atoms with Crippen LogP contribution in [0.3, 0.4) is 0 Å². The predicted molar refractivity (Wildman–Crippen MR) is 93.3 cm³/mol. The van der Waals surface area contributed by atoms with E-state index in [4.69, 9.17) is 4.74 Å². The van der Waals surface area contributed by atoms with Crippen LogP contribution in [0.1, 0.15) is 21.6 Å². The van der Waals surface area contributed by atoms with Crippen LogP contribution >= 0.6 is 0 Å². The van der Waals surface area contributed by atoms with E-state index >= 15 is 0 Å². The van der Waals surface area contributed by atoms with Gasteiger partial charge < -0.3 is 10.1 Å². The standard InChI is InChI=1S/C19H15F3N4O2/c20-19(21,22)13-5-3-6-15(9-13)26-10-16(24-25-26)18(27)23-14-8-12-4-1-2-7-17(12)28-11-14/h1-7,9-10,14H,8,11H2,(H,23,27). The van der Waals surface area contributed by atoms with Crippen molar-refractivity contribution >= 4 is 5.91 Å². The zero-order valence-electron chi connectivity index (χ0n) is 14.5. The number of nitrogens with zero attached hydrogens (tertiary/aromatic N) is 3. The van der Waals surface area contributed by atoms with E-state index in [1.54, 1.807) is 0 Å². The SMILES string of the molecule is O=C(NC1COc2ccccc2C1)c1cn(-c2cccc(C(F)(F)F)c2)nn1. The van der Waals surface area contributed by atoms with Crippen LogP contribution in [0.5, 0.6) is 5.75 Å². The first-order valence-electron chi connectivity index (χ1n) is 8.52. The molecule has 3 aromatic rings. The highest BCUT2D eigenvalue weighted by Crippen LogP contribution is 2.30. The lowest BCUT2D eigenvalue weighted by molar-refractivity contribution is -0.137. The molecule has 1 atom stereocenters. The molecule has 1 unspecified atom stereocenters. The third kappa shape index (κ3) is 3.68. The molecule has 0 fully saturated rings. The minimum atomic E-state index is -4.46. The Labute approximate surface area is 157 Å². The first kappa shape index (κ1) is 18.0. The highest BCUT2D eigenvalue weighted by Gasteiger charge is 2.30. The van der Waals surface area contributed by atoms with Crippen LogP contribution in [0.15, 0.2) is 54.7 Å². The first-order valence-corrected chi connectivity index (χ1v) is 8.52. The molecule has 0 spiro atoms. The zero-order valence-corrected chi connectivity index (χ0v) is 14.5. The van der Waals surface area contributed by atoms with E-state index < -0.39 is 17.6 Å². The molecule has 144 valence electrons.